The number of allylic oxidation sites excluding steroid dienone is 6. The molecule has 546 valence electrons. The lowest BCUT2D eigenvalue weighted by Gasteiger charge is -2.48. The van der Waals surface area contributed by atoms with Crippen molar-refractivity contribution in [3.05, 3.63) is 36.5 Å². The van der Waals surface area contributed by atoms with Crippen LogP contribution in [0.15, 0.2) is 36.5 Å². The highest BCUT2D eigenvalue weighted by molar-refractivity contribution is 5.76. The molecule has 0 radical (unpaired) electrons. The van der Waals surface area contributed by atoms with E-state index in [1.54, 1.807) is 0 Å². The van der Waals surface area contributed by atoms with Crippen LogP contribution >= 0.6 is 0 Å². The van der Waals surface area contributed by atoms with Crippen molar-refractivity contribution in [2.75, 3.05) is 26.4 Å². The molecule has 3 heterocycles. The summed E-state index contributed by atoms with van der Waals surface area (Å²) in [6.07, 6.45) is 39.3. The van der Waals surface area contributed by atoms with Crippen LogP contribution in [0.5, 0.6) is 0 Å². The van der Waals surface area contributed by atoms with Gasteiger partial charge in [0.1, 0.15) is 73.2 Å². The molecule has 3 rings (SSSR count). The summed E-state index contributed by atoms with van der Waals surface area (Å²) in [5, 5.41) is 121. The van der Waals surface area contributed by atoms with Crippen molar-refractivity contribution in [2.24, 2.45) is 0 Å². The summed E-state index contributed by atoms with van der Waals surface area (Å²) >= 11 is 0. The van der Waals surface area contributed by atoms with Crippen molar-refractivity contribution in [1.82, 2.24) is 5.32 Å². The molecule has 3 saturated heterocycles. The maximum atomic E-state index is 13.5. The van der Waals surface area contributed by atoms with Crippen LogP contribution in [0.4, 0.5) is 0 Å². The van der Waals surface area contributed by atoms with Crippen LogP contribution in [0.3, 0.4) is 0 Å². The number of amides is 1. The molecule has 17 unspecified atom stereocenters. The van der Waals surface area contributed by atoms with Gasteiger partial charge in [0.15, 0.2) is 18.9 Å². The Hall–Kier alpha value is -1.99. The van der Waals surface area contributed by atoms with E-state index >= 15 is 0 Å². The van der Waals surface area contributed by atoms with Gasteiger partial charge in [-0.05, 0) is 51.4 Å². The lowest BCUT2D eigenvalue weighted by atomic mass is 9.96. The minimum Gasteiger partial charge on any atom is -0.394 e. The zero-order chi connectivity index (χ0) is 67.5. The van der Waals surface area contributed by atoms with Crippen molar-refractivity contribution >= 4 is 5.91 Å². The number of carbonyl (C=O) groups excluding carboxylic acids is 1. The summed E-state index contributed by atoms with van der Waals surface area (Å²) in [5.74, 6) is -0.240. The Balaban J connectivity index is 1.39. The lowest BCUT2D eigenvalue weighted by Crippen LogP contribution is -2.66. The third kappa shape index (κ3) is 37.1. The molecular weight excluding hydrogens is 1190 g/mol. The van der Waals surface area contributed by atoms with E-state index < -0.39 is 124 Å². The number of carbonyl (C=O) groups is 1. The molecule has 0 aliphatic carbocycles. The van der Waals surface area contributed by atoms with Gasteiger partial charge in [0.05, 0.1) is 38.6 Å². The van der Waals surface area contributed by atoms with Crippen LogP contribution in [-0.2, 0) is 33.2 Å². The molecule has 1 amide bonds. The van der Waals surface area contributed by atoms with E-state index in [1.807, 2.05) is 0 Å². The molecule has 19 nitrogen and oxygen atoms in total. The molecule has 17 atom stereocenters. The minimum absolute atomic E-state index is 0.240. The molecule has 0 aromatic carbocycles. The first-order valence-electron chi connectivity index (χ1n) is 37.7. The van der Waals surface area contributed by atoms with Gasteiger partial charge in [0.2, 0.25) is 5.91 Å². The quantitative estimate of drug-likeness (QED) is 0.0199. The normalized spacial score (nSPS) is 27.7. The van der Waals surface area contributed by atoms with Gasteiger partial charge in [0, 0.05) is 6.42 Å². The van der Waals surface area contributed by atoms with Crippen LogP contribution in [0.25, 0.3) is 0 Å². The van der Waals surface area contributed by atoms with Gasteiger partial charge in [-0.2, -0.15) is 0 Å². The van der Waals surface area contributed by atoms with Crippen LogP contribution in [0.2, 0.25) is 0 Å². The van der Waals surface area contributed by atoms with Crippen molar-refractivity contribution in [3.63, 3.8) is 0 Å². The molecule has 3 fully saturated rings. The van der Waals surface area contributed by atoms with Gasteiger partial charge in [-0.25, -0.2) is 0 Å². The summed E-state index contributed by atoms with van der Waals surface area (Å²) in [6, 6.07) is -0.888. The van der Waals surface area contributed by atoms with E-state index in [1.165, 1.54) is 205 Å². The number of ether oxygens (including phenoxy) is 6. The second kappa shape index (κ2) is 55.8. The number of unbranched alkanes of at least 4 members (excludes halogenated alkanes) is 37. The predicted octanol–water partition coefficient (Wildman–Crippen LogP) is 11.2. The number of hydrogen-bond acceptors (Lipinski definition) is 18. The van der Waals surface area contributed by atoms with E-state index in [9.17, 15) is 61.0 Å². The third-order valence-electron chi connectivity index (χ3n) is 19.0. The first kappa shape index (κ1) is 85.2. The van der Waals surface area contributed by atoms with E-state index in [-0.39, 0.29) is 18.9 Å². The second-order valence-electron chi connectivity index (χ2n) is 27.1. The van der Waals surface area contributed by atoms with Gasteiger partial charge >= 0.3 is 0 Å². The molecule has 0 bridgehead atoms. The largest absolute Gasteiger partial charge is 0.394 e. The highest BCUT2D eigenvalue weighted by atomic mass is 16.8. The molecule has 12 N–H and O–H groups in total. The van der Waals surface area contributed by atoms with Crippen molar-refractivity contribution < 1.29 is 89.4 Å². The van der Waals surface area contributed by atoms with Gasteiger partial charge in [-0.15, -0.1) is 0 Å². The molecule has 3 aliphatic rings. The molecular formula is C74H137NO18. The van der Waals surface area contributed by atoms with Crippen molar-refractivity contribution in [1.29, 1.82) is 0 Å². The first-order chi connectivity index (χ1) is 45.3. The predicted molar refractivity (Wildman–Crippen MR) is 365 cm³/mol. The molecule has 3 aliphatic heterocycles. The summed E-state index contributed by atoms with van der Waals surface area (Å²) < 4.78 is 34.5. The Labute approximate surface area is 561 Å². The SMILES string of the molecule is CCCCCCC/C=C\C/C=C\C/C=C\CCCCCCCCCCCCCCCCC(=O)NC(COC1OC(CO)C(OC2OC(CO)C(OC3OC(CO)C(O)C(O)C3O)C(O)C2O)C(O)C1O)C(O)CCCCCCCCCCCCCCCCCCCCC. The van der Waals surface area contributed by atoms with Crippen molar-refractivity contribution in [2.45, 2.75) is 401 Å². The number of hydrogen-bond donors (Lipinski definition) is 12. The molecule has 19 heteroatoms. The fourth-order valence-corrected chi connectivity index (χ4v) is 12.9. The summed E-state index contributed by atoms with van der Waals surface area (Å²) in [5.41, 5.74) is 0. The van der Waals surface area contributed by atoms with Crippen LogP contribution in [0.1, 0.15) is 296 Å². The average molecular weight is 1330 g/mol. The zero-order valence-corrected chi connectivity index (χ0v) is 58.0. The van der Waals surface area contributed by atoms with E-state index in [0.717, 1.165) is 57.8 Å². The topological polar surface area (TPSA) is 307 Å². The van der Waals surface area contributed by atoms with E-state index in [4.69, 9.17) is 28.4 Å². The lowest BCUT2D eigenvalue weighted by molar-refractivity contribution is -0.379. The molecule has 0 aromatic rings. The van der Waals surface area contributed by atoms with Gasteiger partial charge in [0.25, 0.3) is 0 Å². The molecule has 0 spiro atoms. The smallest absolute Gasteiger partial charge is 0.220 e. The first-order valence-corrected chi connectivity index (χ1v) is 37.7. The summed E-state index contributed by atoms with van der Waals surface area (Å²) in [4.78, 5) is 13.5. The number of aliphatic hydroxyl groups is 11. The van der Waals surface area contributed by atoms with Gasteiger partial charge in [-0.1, -0.05) is 275 Å². The minimum atomic E-state index is -1.97. The fourth-order valence-electron chi connectivity index (χ4n) is 12.9. The molecule has 0 saturated carbocycles. The third-order valence-corrected chi connectivity index (χ3v) is 19.0. The van der Waals surface area contributed by atoms with Gasteiger partial charge in [-0.3, -0.25) is 4.79 Å². The number of nitrogens with one attached hydrogen (secondary N) is 1. The van der Waals surface area contributed by atoms with Crippen LogP contribution in [0, 0.1) is 0 Å². The molecule has 93 heavy (non-hydrogen) atoms. The van der Waals surface area contributed by atoms with E-state index in [2.05, 4.69) is 55.6 Å². The van der Waals surface area contributed by atoms with Crippen LogP contribution in [-0.4, -0.2) is 193 Å². The van der Waals surface area contributed by atoms with Gasteiger partial charge < -0.3 is 89.9 Å². The van der Waals surface area contributed by atoms with E-state index in [0.29, 0.717) is 12.8 Å². The maximum absolute atomic E-state index is 13.5. The highest BCUT2D eigenvalue weighted by Crippen LogP contribution is 2.33. The standard InChI is InChI=1S/C74H137NO18/c1-3-5-7-9-11-13-15-17-19-21-23-24-25-26-27-28-29-30-31-32-34-36-38-40-42-44-46-48-50-52-62(80)75-57(58(79)51-49-47-45-43-41-39-37-35-33-22-20-18-16-14-12-10-8-6-4-2)56-88-72-68(86)65(83)70(60(54-77)90-72)93-74-69(87)66(84)71(61(55-78)91-74)92-73-67(85)64(82)63(81)59(53-76)89-73/h15,17,21,23,25-26,57-61,63-74,76-79,81-87H,3-14,16,18-20,22,24,27-56H2,1-2H3,(H,75,80)/b17-15-,23-21-,26-25-. The number of rotatable bonds is 59. The average Bonchev–Trinajstić information content (AvgIpc) is 1.00. The highest BCUT2D eigenvalue weighted by Gasteiger charge is 2.53. The second-order valence-corrected chi connectivity index (χ2v) is 27.1. The Morgan fingerprint density at radius 3 is 1.11 bits per heavy atom. The Kier molecular flexibility index (Phi) is 51.2. The Bertz CT molecular complexity index is 1830. The van der Waals surface area contributed by atoms with Crippen molar-refractivity contribution in [3.8, 4) is 0 Å². The Morgan fingerprint density at radius 2 is 0.710 bits per heavy atom. The summed E-state index contributed by atoms with van der Waals surface area (Å²) in [7, 11) is 0. The Morgan fingerprint density at radius 1 is 0.387 bits per heavy atom. The monoisotopic (exact) mass is 1330 g/mol. The summed E-state index contributed by atoms with van der Waals surface area (Å²) in [6.45, 7) is 1.82. The fraction of sp³-hybridized carbons (Fsp3) is 0.905. The maximum Gasteiger partial charge on any atom is 0.220 e. The molecule has 0 aromatic heterocycles. The zero-order valence-electron chi connectivity index (χ0n) is 58.0. The number of aliphatic hydroxyl groups excluding tert-OH is 11. The van der Waals surface area contributed by atoms with Crippen LogP contribution < -0.4 is 5.32 Å².